The average Bonchev–Trinajstić information content (AvgIpc) is 2.41. The highest BCUT2D eigenvalue weighted by atomic mass is 79.9. The van der Waals surface area contributed by atoms with Crippen LogP contribution in [0.25, 0.3) is 0 Å². The van der Waals surface area contributed by atoms with Gasteiger partial charge in [0.25, 0.3) is 0 Å². The van der Waals surface area contributed by atoms with Gasteiger partial charge in [-0.05, 0) is 59.6 Å². The smallest absolute Gasteiger partial charge is 0.237 e. The highest BCUT2D eigenvalue weighted by Crippen LogP contribution is 2.23. The molecular formula is C15H16BrFN2O. The lowest BCUT2D eigenvalue weighted by Gasteiger charge is -2.14. The van der Waals surface area contributed by atoms with Gasteiger partial charge in [0.15, 0.2) is 0 Å². The van der Waals surface area contributed by atoms with Crippen LogP contribution >= 0.6 is 15.9 Å². The highest BCUT2D eigenvalue weighted by Gasteiger charge is 2.07. The number of hydrogen-bond acceptors (Lipinski definition) is 3. The predicted octanol–water partition coefficient (Wildman–Crippen LogP) is 4.38. The minimum absolute atomic E-state index is 0.0515. The summed E-state index contributed by atoms with van der Waals surface area (Å²) in [6, 6.07) is 8.77. The molecule has 0 aliphatic carbocycles. The van der Waals surface area contributed by atoms with E-state index in [4.69, 9.17) is 4.74 Å². The number of ether oxygens (including phenoxy) is 1. The molecule has 20 heavy (non-hydrogen) atoms. The van der Waals surface area contributed by atoms with Crippen molar-refractivity contribution >= 4 is 21.6 Å². The number of rotatable bonds is 5. The maximum absolute atomic E-state index is 13.4. The van der Waals surface area contributed by atoms with E-state index < -0.39 is 0 Å². The lowest BCUT2D eigenvalue weighted by molar-refractivity contribution is 0.234. The van der Waals surface area contributed by atoms with Gasteiger partial charge < -0.3 is 10.1 Å². The third-order valence-electron chi connectivity index (χ3n) is 2.59. The van der Waals surface area contributed by atoms with E-state index in [2.05, 4.69) is 26.2 Å². The van der Waals surface area contributed by atoms with Gasteiger partial charge in [0.05, 0.1) is 16.3 Å². The number of pyridine rings is 1. The summed E-state index contributed by atoms with van der Waals surface area (Å²) in [5.74, 6) is 0.286. The highest BCUT2D eigenvalue weighted by molar-refractivity contribution is 9.10. The molecule has 1 heterocycles. The van der Waals surface area contributed by atoms with Crippen LogP contribution in [0.4, 0.5) is 10.1 Å². The minimum atomic E-state index is -0.269. The summed E-state index contributed by atoms with van der Waals surface area (Å²) in [7, 11) is 0. The van der Waals surface area contributed by atoms with Crippen molar-refractivity contribution in [2.45, 2.75) is 26.5 Å². The number of anilines is 1. The SMILES string of the molecule is CC(C)Oc1ncccc1NCc1ccc(Br)c(F)c1. The molecule has 2 aromatic rings. The van der Waals surface area contributed by atoms with Crippen molar-refractivity contribution < 1.29 is 9.13 Å². The van der Waals surface area contributed by atoms with Crippen LogP contribution in [-0.2, 0) is 6.54 Å². The van der Waals surface area contributed by atoms with Gasteiger partial charge in [0.2, 0.25) is 5.88 Å². The minimum Gasteiger partial charge on any atom is -0.473 e. The van der Waals surface area contributed by atoms with Crippen LogP contribution in [0.1, 0.15) is 19.4 Å². The fourth-order valence-corrected chi connectivity index (χ4v) is 1.94. The number of nitrogens with zero attached hydrogens (tertiary/aromatic N) is 1. The Hall–Kier alpha value is -1.62. The molecule has 0 amide bonds. The molecule has 0 spiro atoms. The molecular weight excluding hydrogens is 323 g/mol. The van der Waals surface area contributed by atoms with E-state index in [1.54, 1.807) is 12.3 Å². The third-order valence-corrected chi connectivity index (χ3v) is 3.23. The molecule has 0 bridgehead atoms. The van der Waals surface area contributed by atoms with Gasteiger partial charge in [0, 0.05) is 12.7 Å². The molecule has 1 aromatic carbocycles. The lowest BCUT2D eigenvalue weighted by atomic mass is 10.2. The Kier molecular flexibility index (Phi) is 4.95. The molecule has 1 aromatic heterocycles. The van der Waals surface area contributed by atoms with Gasteiger partial charge >= 0.3 is 0 Å². The quantitative estimate of drug-likeness (QED) is 0.878. The van der Waals surface area contributed by atoms with E-state index in [-0.39, 0.29) is 11.9 Å². The lowest BCUT2D eigenvalue weighted by Crippen LogP contribution is -2.10. The van der Waals surface area contributed by atoms with Crippen molar-refractivity contribution in [1.29, 1.82) is 0 Å². The van der Waals surface area contributed by atoms with Crippen LogP contribution in [0.5, 0.6) is 5.88 Å². The van der Waals surface area contributed by atoms with Crippen LogP contribution in [0.2, 0.25) is 0 Å². The van der Waals surface area contributed by atoms with Crippen molar-refractivity contribution in [3.63, 3.8) is 0 Å². The molecule has 106 valence electrons. The van der Waals surface area contributed by atoms with Gasteiger partial charge in [-0.1, -0.05) is 6.07 Å². The Morgan fingerprint density at radius 1 is 1.35 bits per heavy atom. The molecule has 0 aliphatic heterocycles. The largest absolute Gasteiger partial charge is 0.473 e. The maximum Gasteiger partial charge on any atom is 0.237 e. The summed E-state index contributed by atoms with van der Waals surface area (Å²) in [5.41, 5.74) is 1.65. The zero-order chi connectivity index (χ0) is 14.5. The van der Waals surface area contributed by atoms with E-state index in [0.29, 0.717) is 16.9 Å². The summed E-state index contributed by atoms with van der Waals surface area (Å²) in [4.78, 5) is 4.20. The van der Waals surface area contributed by atoms with Crippen molar-refractivity contribution in [1.82, 2.24) is 4.98 Å². The van der Waals surface area contributed by atoms with Gasteiger partial charge in [-0.25, -0.2) is 9.37 Å². The van der Waals surface area contributed by atoms with E-state index >= 15 is 0 Å². The van der Waals surface area contributed by atoms with Crippen LogP contribution in [0, 0.1) is 5.82 Å². The maximum atomic E-state index is 13.4. The number of halogens is 2. The first-order valence-electron chi connectivity index (χ1n) is 6.35. The second-order valence-corrected chi connectivity index (χ2v) is 5.48. The number of nitrogens with one attached hydrogen (secondary N) is 1. The van der Waals surface area contributed by atoms with Gasteiger partial charge in [0.1, 0.15) is 5.82 Å². The van der Waals surface area contributed by atoms with Gasteiger partial charge in [-0.15, -0.1) is 0 Å². The zero-order valence-corrected chi connectivity index (χ0v) is 12.9. The standard InChI is InChI=1S/C15H16BrFN2O/c1-10(2)20-15-14(4-3-7-18-15)19-9-11-5-6-12(16)13(17)8-11/h3-8,10,19H,9H2,1-2H3. The number of aromatic nitrogens is 1. The molecule has 1 N–H and O–H groups in total. The Morgan fingerprint density at radius 2 is 2.15 bits per heavy atom. The predicted molar refractivity (Wildman–Crippen MR) is 81.4 cm³/mol. The second-order valence-electron chi connectivity index (χ2n) is 4.62. The molecule has 0 fully saturated rings. The first-order valence-corrected chi connectivity index (χ1v) is 7.15. The van der Waals surface area contributed by atoms with Crippen LogP contribution < -0.4 is 10.1 Å². The Morgan fingerprint density at radius 3 is 2.85 bits per heavy atom. The van der Waals surface area contributed by atoms with Crippen LogP contribution in [-0.4, -0.2) is 11.1 Å². The third kappa shape index (κ3) is 3.93. The molecule has 0 radical (unpaired) electrons. The van der Waals surface area contributed by atoms with Crippen LogP contribution in [0.15, 0.2) is 41.0 Å². The van der Waals surface area contributed by atoms with E-state index in [1.807, 2.05) is 32.0 Å². The summed E-state index contributed by atoms with van der Waals surface area (Å²) < 4.78 is 19.5. The summed E-state index contributed by atoms with van der Waals surface area (Å²) >= 11 is 3.14. The van der Waals surface area contributed by atoms with Crippen molar-refractivity contribution in [2.75, 3.05) is 5.32 Å². The van der Waals surface area contributed by atoms with Gasteiger partial charge in [-0.2, -0.15) is 0 Å². The van der Waals surface area contributed by atoms with Crippen LogP contribution in [0.3, 0.4) is 0 Å². The summed E-state index contributed by atoms with van der Waals surface area (Å²) in [5, 5.41) is 3.21. The summed E-state index contributed by atoms with van der Waals surface area (Å²) in [6.45, 7) is 4.40. The molecule has 3 nitrogen and oxygen atoms in total. The first kappa shape index (κ1) is 14.8. The second kappa shape index (κ2) is 6.70. The average molecular weight is 339 g/mol. The normalized spacial score (nSPS) is 10.7. The molecule has 0 saturated carbocycles. The molecule has 0 saturated heterocycles. The van der Waals surface area contributed by atoms with E-state index in [0.717, 1.165) is 11.3 Å². The topological polar surface area (TPSA) is 34.1 Å². The Balaban J connectivity index is 2.08. The molecule has 0 aliphatic rings. The molecule has 0 atom stereocenters. The monoisotopic (exact) mass is 338 g/mol. The Labute approximate surface area is 126 Å². The molecule has 5 heteroatoms. The molecule has 2 rings (SSSR count). The number of hydrogen-bond donors (Lipinski definition) is 1. The van der Waals surface area contributed by atoms with Crippen molar-refractivity contribution in [2.24, 2.45) is 0 Å². The Bertz CT molecular complexity index is 590. The summed E-state index contributed by atoms with van der Waals surface area (Å²) in [6.07, 6.45) is 1.73. The first-order chi connectivity index (χ1) is 9.56. The molecule has 0 unspecified atom stereocenters. The fourth-order valence-electron chi connectivity index (χ4n) is 1.69. The van der Waals surface area contributed by atoms with Crippen molar-refractivity contribution in [3.05, 3.63) is 52.4 Å². The van der Waals surface area contributed by atoms with Crippen molar-refractivity contribution in [3.8, 4) is 5.88 Å². The van der Waals surface area contributed by atoms with E-state index in [1.165, 1.54) is 6.07 Å². The number of benzene rings is 1. The van der Waals surface area contributed by atoms with Gasteiger partial charge in [-0.3, -0.25) is 0 Å². The van der Waals surface area contributed by atoms with E-state index in [9.17, 15) is 4.39 Å². The fraction of sp³-hybridized carbons (Fsp3) is 0.267. The zero-order valence-electron chi connectivity index (χ0n) is 11.4.